The van der Waals surface area contributed by atoms with Gasteiger partial charge in [0.2, 0.25) is 5.91 Å². The summed E-state index contributed by atoms with van der Waals surface area (Å²) < 4.78 is 0. The highest BCUT2D eigenvalue weighted by molar-refractivity contribution is 6.01. The Labute approximate surface area is 205 Å². The molecule has 3 N–H and O–H groups in total. The third kappa shape index (κ3) is 3.60. The monoisotopic (exact) mass is 471 g/mol. The predicted octanol–water partition coefficient (Wildman–Crippen LogP) is 5.58. The van der Waals surface area contributed by atoms with Crippen molar-refractivity contribution in [2.75, 3.05) is 5.32 Å². The molecule has 0 unspecified atom stereocenters. The first-order valence-electron chi connectivity index (χ1n) is 11.9. The summed E-state index contributed by atoms with van der Waals surface area (Å²) >= 11 is 0. The summed E-state index contributed by atoms with van der Waals surface area (Å²) in [5, 5.41) is 12.6. The maximum Gasteiger partial charge on any atom is 0.227 e. The van der Waals surface area contributed by atoms with Gasteiger partial charge in [0.1, 0.15) is 0 Å². The van der Waals surface area contributed by atoms with Gasteiger partial charge < -0.3 is 10.3 Å². The van der Waals surface area contributed by atoms with Crippen LogP contribution in [0.25, 0.3) is 55.6 Å². The number of pyridine rings is 3. The molecule has 0 bridgehead atoms. The van der Waals surface area contributed by atoms with E-state index >= 15 is 0 Å². The molecule has 0 aliphatic heterocycles. The number of rotatable bonds is 5. The highest BCUT2D eigenvalue weighted by Gasteiger charge is 2.29. The van der Waals surface area contributed by atoms with Crippen molar-refractivity contribution in [2.24, 2.45) is 5.92 Å². The van der Waals surface area contributed by atoms with Crippen LogP contribution in [-0.2, 0) is 4.79 Å². The number of aromatic nitrogens is 6. The van der Waals surface area contributed by atoms with E-state index in [1.807, 2.05) is 24.4 Å². The number of H-pyrrole nitrogens is 2. The minimum absolute atomic E-state index is 0.0594. The first-order chi connectivity index (χ1) is 17.7. The lowest BCUT2D eigenvalue weighted by molar-refractivity contribution is -0.117. The third-order valence-electron chi connectivity index (χ3n) is 6.60. The van der Waals surface area contributed by atoms with E-state index in [9.17, 15) is 4.79 Å². The Morgan fingerprint density at radius 1 is 0.889 bits per heavy atom. The normalized spacial score (nSPS) is 13.3. The van der Waals surface area contributed by atoms with Gasteiger partial charge in [-0.2, -0.15) is 5.10 Å². The van der Waals surface area contributed by atoms with Gasteiger partial charge in [-0.05, 0) is 48.7 Å². The van der Waals surface area contributed by atoms with Crippen LogP contribution in [0.15, 0.2) is 79.5 Å². The van der Waals surface area contributed by atoms with Gasteiger partial charge in [-0.15, -0.1) is 0 Å². The van der Waals surface area contributed by atoms with Crippen LogP contribution in [-0.4, -0.2) is 36.0 Å². The summed E-state index contributed by atoms with van der Waals surface area (Å²) in [6.45, 7) is 0. The van der Waals surface area contributed by atoms with Gasteiger partial charge in [0.05, 0.1) is 23.3 Å². The second-order valence-electron chi connectivity index (χ2n) is 9.11. The summed E-state index contributed by atoms with van der Waals surface area (Å²) in [5.41, 5.74) is 8.08. The number of carbonyl (C=O) groups is 1. The Bertz CT molecular complexity index is 1750. The third-order valence-corrected chi connectivity index (χ3v) is 6.60. The van der Waals surface area contributed by atoms with Crippen LogP contribution in [0.4, 0.5) is 5.69 Å². The molecule has 1 amide bonds. The molecule has 5 heterocycles. The van der Waals surface area contributed by atoms with Gasteiger partial charge in [-0.1, -0.05) is 18.2 Å². The second-order valence-corrected chi connectivity index (χ2v) is 9.11. The standard InChI is InChI=1S/C28H21N7O/c36-28(16-6-7-16)32-20-9-18(13-30-15-20)19-10-23-26(34-35-27(23)31-14-19)25-11-22-21(4-1-5-24(22)33-25)17-3-2-8-29-12-17/h1-5,8-16,33H,6-7H2,(H,32,36)(H,31,34,35). The minimum Gasteiger partial charge on any atom is -0.353 e. The van der Waals surface area contributed by atoms with Crippen LogP contribution in [0.5, 0.6) is 0 Å². The number of anilines is 1. The Morgan fingerprint density at radius 2 is 1.78 bits per heavy atom. The van der Waals surface area contributed by atoms with Crippen molar-refractivity contribution in [2.45, 2.75) is 12.8 Å². The second kappa shape index (κ2) is 8.13. The first kappa shape index (κ1) is 20.5. The lowest BCUT2D eigenvalue weighted by Gasteiger charge is -2.07. The molecule has 1 aliphatic carbocycles. The van der Waals surface area contributed by atoms with Gasteiger partial charge in [0.15, 0.2) is 5.65 Å². The highest BCUT2D eigenvalue weighted by Crippen LogP contribution is 2.35. The quantitative estimate of drug-likeness (QED) is 0.304. The Balaban J connectivity index is 1.28. The number of amides is 1. The molecular weight excluding hydrogens is 450 g/mol. The Kier molecular flexibility index (Phi) is 4.63. The van der Waals surface area contributed by atoms with Gasteiger partial charge in [-0.25, -0.2) is 4.98 Å². The Morgan fingerprint density at radius 3 is 2.64 bits per heavy atom. The molecule has 0 saturated heterocycles. The number of aromatic amines is 2. The van der Waals surface area contributed by atoms with E-state index in [-0.39, 0.29) is 11.8 Å². The molecule has 1 aliphatic rings. The fourth-order valence-electron chi connectivity index (χ4n) is 4.58. The molecule has 1 aromatic carbocycles. The molecule has 8 nitrogen and oxygen atoms in total. The zero-order valence-corrected chi connectivity index (χ0v) is 19.2. The molecule has 5 aromatic heterocycles. The van der Waals surface area contributed by atoms with E-state index in [1.54, 1.807) is 24.8 Å². The van der Waals surface area contributed by atoms with Crippen molar-refractivity contribution >= 4 is 33.5 Å². The molecule has 6 aromatic rings. The van der Waals surface area contributed by atoms with E-state index in [0.29, 0.717) is 11.3 Å². The summed E-state index contributed by atoms with van der Waals surface area (Å²) in [7, 11) is 0. The number of carbonyl (C=O) groups excluding carboxylic acids is 1. The van der Waals surface area contributed by atoms with Crippen LogP contribution in [0.2, 0.25) is 0 Å². The van der Waals surface area contributed by atoms with E-state index in [1.165, 1.54) is 0 Å². The smallest absolute Gasteiger partial charge is 0.227 e. The zero-order chi connectivity index (χ0) is 24.1. The average Bonchev–Trinajstić information content (AvgIpc) is 3.55. The van der Waals surface area contributed by atoms with Crippen molar-refractivity contribution in [1.82, 2.24) is 30.1 Å². The molecule has 36 heavy (non-hydrogen) atoms. The van der Waals surface area contributed by atoms with Crippen LogP contribution in [0.1, 0.15) is 12.8 Å². The lowest BCUT2D eigenvalue weighted by Crippen LogP contribution is -2.13. The molecule has 174 valence electrons. The van der Waals surface area contributed by atoms with Gasteiger partial charge >= 0.3 is 0 Å². The number of nitrogens with zero attached hydrogens (tertiary/aromatic N) is 4. The molecule has 1 fully saturated rings. The summed E-state index contributed by atoms with van der Waals surface area (Å²) in [6, 6.07) is 16.3. The van der Waals surface area contributed by atoms with Crippen molar-refractivity contribution in [3.8, 4) is 33.6 Å². The van der Waals surface area contributed by atoms with E-state index in [2.05, 4.69) is 65.8 Å². The zero-order valence-electron chi connectivity index (χ0n) is 19.2. The average molecular weight is 472 g/mol. The number of fused-ring (bicyclic) bond motifs is 2. The molecular formula is C28H21N7O. The largest absolute Gasteiger partial charge is 0.353 e. The topological polar surface area (TPSA) is 112 Å². The maximum atomic E-state index is 12.2. The lowest BCUT2D eigenvalue weighted by atomic mass is 10.0. The SMILES string of the molecule is O=C(Nc1cncc(-c2cnc3n[nH]c(-c4cc5c(-c6cccnc6)cccc5[nH]4)c3c2)c1)C1CC1. The fraction of sp³-hybridized carbons (Fsp3) is 0.107. The van der Waals surface area contributed by atoms with Gasteiger partial charge in [-0.3, -0.25) is 19.9 Å². The van der Waals surface area contributed by atoms with Crippen LogP contribution < -0.4 is 5.32 Å². The van der Waals surface area contributed by atoms with Crippen LogP contribution in [0.3, 0.4) is 0 Å². The maximum absolute atomic E-state index is 12.2. The van der Waals surface area contributed by atoms with Crippen LogP contribution >= 0.6 is 0 Å². The van der Waals surface area contributed by atoms with Crippen molar-refractivity contribution in [3.05, 3.63) is 79.5 Å². The summed E-state index contributed by atoms with van der Waals surface area (Å²) in [5.74, 6) is 0.194. The van der Waals surface area contributed by atoms with Crippen molar-refractivity contribution < 1.29 is 4.79 Å². The molecule has 0 radical (unpaired) electrons. The predicted molar refractivity (Wildman–Crippen MR) is 139 cm³/mol. The molecule has 1 saturated carbocycles. The van der Waals surface area contributed by atoms with E-state index in [4.69, 9.17) is 0 Å². The number of benzene rings is 1. The number of hydrogen-bond acceptors (Lipinski definition) is 5. The first-order valence-corrected chi connectivity index (χ1v) is 11.9. The molecule has 7 rings (SSSR count). The molecule has 0 atom stereocenters. The summed E-state index contributed by atoms with van der Waals surface area (Å²) in [6.07, 6.45) is 10.8. The van der Waals surface area contributed by atoms with Gasteiger partial charge in [0, 0.05) is 63.7 Å². The fourth-order valence-corrected chi connectivity index (χ4v) is 4.58. The number of nitrogens with one attached hydrogen (secondary N) is 3. The van der Waals surface area contributed by atoms with Crippen molar-refractivity contribution in [3.63, 3.8) is 0 Å². The molecule has 8 heteroatoms. The van der Waals surface area contributed by atoms with E-state index in [0.717, 1.165) is 62.8 Å². The Hall–Kier alpha value is -4.85. The summed E-state index contributed by atoms with van der Waals surface area (Å²) in [4.78, 5) is 28.9. The highest BCUT2D eigenvalue weighted by atomic mass is 16.2. The van der Waals surface area contributed by atoms with Crippen molar-refractivity contribution in [1.29, 1.82) is 0 Å². The van der Waals surface area contributed by atoms with E-state index < -0.39 is 0 Å². The number of hydrogen-bond donors (Lipinski definition) is 3. The van der Waals surface area contributed by atoms with Gasteiger partial charge in [0.25, 0.3) is 0 Å². The van der Waals surface area contributed by atoms with Crippen LogP contribution in [0, 0.1) is 5.92 Å². The minimum atomic E-state index is 0.0594. The molecule has 0 spiro atoms.